The molecule has 1 fully saturated rings. The molecule has 0 atom stereocenters. The zero-order valence-corrected chi connectivity index (χ0v) is 17.1. The van der Waals surface area contributed by atoms with E-state index in [0.717, 1.165) is 18.7 Å². The van der Waals surface area contributed by atoms with Crippen molar-refractivity contribution in [2.75, 3.05) is 31.1 Å². The SMILES string of the molecule is O=C1C(c2ccccc2)=C(N2CCN(c3ccccc3)CC2)C(=O)N1Cc1ccco1. The largest absolute Gasteiger partial charge is 0.467 e. The number of furan rings is 1. The Morgan fingerprint density at radius 3 is 2.00 bits per heavy atom. The fourth-order valence-corrected chi connectivity index (χ4v) is 4.25. The molecule has 3 heterocycles. The number of nitrogens with zero attached hydrogens (tertiary/aromatic N) is 3. The standard InChI is InChI=1S/C25H23N3O3/c29-24-22(19-8-3-1-4-9-19)23(25(30)28(24)18-21-12-7-17-31-21)27-15-13-26(14-16-27)20-10-5-2-6-11-20/h1-12,17H,13-16,18H2. The lowest BCUT2D eigenvalue weighted by molar-refractivity contribution is -0.138. The number of amides is 2. The highest BCUT2D eigenvalue weighted by Gasteiger charge is 2.42. The van der Waals surface area contributed by atoms with Crippen molar-refractivity contribution in [2.24, 2.45) is 0 Å². The highest BCUT2D eigenvalue weighted by molar-refractivity contribution is 6.35. The first-order chi connectivity index (χ1) is 15.2. The van der Waals surface area contributed by atoms with E-state index in [-0.39, 0.29) is 18.4 Å². The quantitative estimate of drug-likeness (QED) is 0.600. The van der Waals surface area contributed by atoms with Gasteiger partial charge in [-0.25, -0.2) is 0 Å². The van der Waals surface area contributed by atoms with Gasteiger partial charge in [-0.05, 0) is 29.8 Å². The second kappa shape index (κ2) is 8.14. The van der Waals surface area contributed by atoms with Gasteiger partial charge in [-0.3, -0.25) is 14.5 Å². The molecule has 6 heteroatoms. The summed E-state index contributed by atoms with van der Waals surface area (Å²) in [5.41, 5.74) is 2.91. The highest BCUT2D eigenvalue weighted by atomic mass is 16.3. The van der Waals surface area contributed by atoms with Gasteiger partial charge in [-0.2, -0.15) is 0 Å². The van der Waals surface area contributed by atoms with Crippen molar-refractivity contribution < 1.29 is 14.0 Å². The van der Waals surface area contributed by atoms with Crippen LogP contribution in [0.25, 0.3) is 5.57 Å². The molecule has 3 aromatic rings. The van der Waals surface area contributed by atoms with Crippen molar-refractivity contribution in [3.05, 3.63) is 96.1 Å². The lowest BCUT2D eigenvalue weighted by Crippen LogP contribution is -2.47. The topological polar surface area (TPSA) is 57.0 Å². The van der Waals surface area contributed by atoms with Crippen molar-refractivity contribution in [3.8, 4) is 0 Å². The van der Waals surface area contributed by atoms with Crippen LogP contribution in [-0.4, -0.2) is 47.8 Å². The fraction of sp³-hybridized carbons (Fsp3) is 0.200. The first kappa shape index (κ1) is 19.2. The summed E-state index contributed by atoms with van der Waals surface area (Å²) >= 11 is 0. The molecule has 156 valence electrons. The first-order valence-corrected chi connectivity index (χ1v) is 10.5. The molecule has 2 amide bonds. The molecule has 1 aromatic heterocycles. The Morgan fingerprint density at radius 1 is 0.710 bits per heavy atom. The number of hydrogen-bond acceptors (Lipinski definition) is 5. The van der Waals surface area contributed by atoms with Gasteiger partial charge in [-0.15, -0.1) is 0 Å². The summed E-state index contributed by atoms with van der Waals surface area (Å²) in [4.78, 5) is 32.4. The molecule has 0 spiro atoms. The Bertz CT molecular complexity index is 1100. The Hall–Kier alpha value is -3.80. The summed E-state index contributed by atoms with van der Waals surface area (Å²) in [6.45, 7) is 3.06. The third kappa shape index (κ3) is 3.61. The first-order valence-electron chi connectivity index (χ1n) is 10.5. The minimum Gasteiger partial charge on any atom is -0.467 e. The number of piperazine rings is 1. The smallest absolute Gasteiger partial charge is 0.278 e. The number of hydrogen-bond donors (Lipinski definition) is 0. The van der Waals surface area contributed by atoms with E-state index >= 15 is 0 Å². The van der Waals surface area contributed by atoms with Crippen LogP contribution in [-0.2, 0) is 16.1 Å². The molecular formula is C25H23N3O3. The predicted octanol–water partition coefficient (Wildman–Crippen LogP) is 3.38. The van der Waals surface area contributed by atoms with Gasteiger partial charge in [0.2, 0.25) is 0 Å². The summed E-state index contributed by atoms with van der Waals surface area (Å²) in [7, 11) is 0. The van der Waals surface area contributed by atoms with Gasteiger partial charge in [0.15, 0.2) is 0 Å². The van der Waals surface area contributed by atoms with Crippen LogP contribution in [0.4, 0.5) is 5.69 Å². The summed E-state index contributed by atoms with van der Waals surface area (Å²) in [6.07, 6.45) is 1.55. The van der Waals surface area contributed by atoms with Crippen LogP contribution < -0.4 is 4.90 Å². The van der Waals surface area contributed by atoms with Crippen molar-refractivity contribution in [3.63, 3.8) is 0 Å². The number of para-hydroxylation sites is 1. The van der Waals surface area contributed by atoms with Crippen molar-refractivity contribution in [1.82, 2.24) is 9.80 Å². The molecule has 0 unspecified atom stereocenters. The summed E-state index contributed by atoms with van der Waals surface area (Å²) < 4.78 is 5.39. The number of carbonyl (C=O) groups excluding carboxylic acids is 2. The van der Waals surface area contributed by atoms with Crippen molar-refractivity contribution >= 4 is 23.1 Å². The van der Waals surface area contributed by atoms with Gasteiger partial charge < -0.3 is 14.2 Å². The van der Waals surface area contributed by atoms with Gasteiger partial charge in [0.1, 0.15) is 11.5 Å². The van der Waals surface area contributed by atoms with E-state index in [1.54, 1.807) is 18.4 Å². The Kier molecular flexibility index (Phi) is 5.04. The second-order valence-electron chi connectivity index (χ2n) is 7.68. The second-order valence-corrected chi connectivity index (χ2v) is 7.68. The van der Waals surface area contributed by atoms with E-state index in [1.165, 1.54) is 10.6 Å². The molecule has 0 aliphatic carbocycles. The van der Waals surface area contributed by atoms with Crippen LogP contribution in [0.15, 0.2) is 89.2 Å². The van der Waals surface area contributed by atoms with E-state index in [0.29, 0.717) is 30.1 Å². The maximum Gasteiger partial charge on any atom is 0.278 e. The molecule has 2 aliphatic rings. The summed E-state index contributed by atoms with van der Waals surface area (Å²) in [6, 6.07) is 23.3. The van der Waals surface area contributed by atoms with Gasteiger partial charge in [0.25, 0.3) is 11.8 Å². The number of anilines is 1. The minimum atomic E-state index is -0.270. The molecule has 2 aromatic carbocycles. The third-order valence-corrected chi connectivity index (χ3v) is 5.82. The van der Waals surface area contributed by atoms with Crippen LogP contribution in [0.5, 0.6) is 0 Å². The zero-order chi connectivity index (χ0) is 21.2. The van der Waals surface area contributed by atoms with E-state index in [1.807, 2.05) is 48.5 Å². The Balaban J connectivity index is 1.44. The number of rotatable bonds is 5. The predicted molar refractivity (Wildman–Crippen MR) is 118 cm³/mol. The van der Waals surface area contributed by atoms with Crippen molar-refractivity contribution in [1.29, 1.82) is 0 Å². The molecule has 0 radical (unpaired) electrons. The molecule has 5 rings (SSSR count). The minimum absolute atomic E-state index is 0.133. The monoisotopic (exact) mass is 413 g/mol. The number of benzene rings is 2. The van der Waals surface area contributed by atoms with Gasteiger partial charge in [0.05, 0.1) is 18.4 Å². The van der Waals surface area contributed by atoms with Gasteiger partial charge in [0, 0.05) is 31.9 Å². The number of carbonyl (C=O) groups is 2. The van der Waals surface area contributed by atoms with Crippen LogP contribution in [0.1, 0.15) is 11.3 Å². The van der Waals surface area contributed by atoms with E-state index < -0.39 is 0 Å². The van der Waals surface area contributed by atoms with E-state index in [9.17, 15) is 9.59 Å². The fourth-order valence-electron chi connectivity index (χ4n) is 4.25. The summed E-state index contributed by atoms with van der Waals surface area (Å²) in [5.74, 6) is 0.0609. The zero-order valence-electron chi connectivity index (χ0n) is 17.1. The molecule has 0 bridgehead atoms. The molecule has 0 N–H and O–H groups in total. The van der Waals surface area contributed by atoms with E-state index in [2.05, 4.69) is 21.9 Å². The third-order valence-electron chi connectivity index (χ3n) is 5.82. The Labute approximate surface area is 181 Å². The van der Waals surface area contributed by atoms with Crippen LogP contribution in [0.2, 0.25) is 0 Å². The van der Waals surface area contributed by atoms with Crippen molar-refractivity contribution in [2.45, 2.75) is 6.54 Å². The average Bonchev–Trinajstić information content (AvgIpc) is 3.43. The van der Waals surface area contributed by atoms with E-state index in [4.69, 9.17) is 4.42 Å². The number of imide groups is 1. The van der Waals surface area contributed by atoms with Crippen LogP contribution in [0, 0.1) is 0 Å². The lowest BCUT2D eigenvalue weighted by atomic mass is 10.0. The normalized spacial score (nSPS) is 17.1. The summed E-state index contributed by atoms with van der Waals surface area (Å²) in [5, 5.41) is 0. The molecule has 0 saturated carbocycles. The van der Waals surface area contributed by atoms with Gasteiger partial charge in [-0.1, -0.05) is 48.5 Å². The molecule has 31 heavy (non-hydrogen) atoms. The highest BCUT2D eigenvalue weighted by Crippen LogP contribution is 2.33. The average molecular weight is 413 g/mol. The maximum absolute atomic E-state index is 13.4. The van der Waals surface area contributed by atoms with Crippen LogP contribution in [0.3, 0.4) is 0 Å². The maximum atomic E-state index is 13.4. The lowest BCUT2D eigenvalue weighted by Gasteiger charge is -2.37. The van der Waals surface area contributed by atoms with Crippen LogP contribution >= 0.6 is 0 Å². The molecule has 1 saturated heterocycles. The molecule has 6 nitrogen and oxygen atoms in total. The Morgan fingerprint density at radius 2 is 1.35 bits per heavy atom. The molecular weight excluding hydrogens is 390 g/mol. The van der Waals surface area contributed by atoms with Gasteiger partial charge >= 0.3 is 0 Å². The molecule has 2 aliphatic heterocycles.